The quantitative estimate of drug-likeness (QED) is 0.643. The Labute approximate surface area is 106 Å². The molecule has 0 atom stereocenters. The molecule has 1 aromatic rings. The second kappa shape index (κ2) is 5.62. The number of hydrogen-bond donors (Lipinski definition) is 1. The van der Waals surface area contributed by atoms with Crippen molar-refractivity contribution in [1.82, 2.24) is 0 Å². The summed E-state index contributed by atoms with van der Waals surface area (Å²) in [5, 5.41) is 11.2. The molecule has 0 aliphatic rings. The molecule has 0 spiro atoms. The first-order valence-electron chi connectivity index (χ1n) is 6.09. The van der Waals surface area contributed by atoms with Crippen molar-refractivity contribution in [1.29, 1.82) is 0 Å². The zero-order valence-corrected chi connectivity index (χ0v) is 10.9. The molecule has 1 amide bonds. The highest BCUT2D eigenvalue weighted by Crippen LogP contribution is 2.31. The maximum Gasteiger partial charge on any atom is 0.276 e. The lowest BCUT2D eigenvalue weighted by atomic mass is 9.91. The first kappa shape index (κ1) is 14.2. The highest BCUT2D eigenvalue weighted by molar-refractivity contribution is 5.97. The smallest absolute Gasteiger partial charge is 0.276 e. The summed E-state index contributed by atoms with van der Waals surface area (Å²) in [5.74, 6) is -0.588. The highest BCUT2D eigenvalue weighted by atomic mass is 16.6. The van der Waals surface area contributed by atoms with Crippen molar-refractivity contribution >= 4 is 11.6 Å². The van der Waals surface area contributed by atoms with Crippen LogP contribution in [0.15, 0.2) is 6.07 Å². The van der Waals surface area contributed by atoms with Gasteiger partial charge in [-0.05, 0) is 30.9 Å². The molecular formula is C13H18N2O3. The van der Waals surface area contributed by atoms with Crippen LogP contribution >= 0.6 is 0 Å². The van der Waals surface area contributed by atoms with Crippen LogP contribution in [0.3, 0.4) is 0 Å². The van der Waals surface area contributed by atoms with Crippen molar-refractivity contribution in [3.8, 4) is 0 Å². The lowest BCUT2D eigenvalue weighted by Crippen LogP contribution is -2.18. The van der Waals surface area contributed by atoms with E-state index in [-0.39, 0.29) is 5.69 Å². The molecule has 2 N–H and O–H groups in total. The van der Waals surface area contributed by atoms with Gasteiger partial charge in [0, 0.05) is 11.1 Å². The summed E-state index contributed by atoms with van der Waals surface area (Å²) in [7, 11) is 0. The topological polar surface area (TPSA) is 86.2 Å². The van der Waals surface area contributed by atoms with Crippen molar-refractivity contribution in [3.05, 3.63) is 38.4 Å². The Bertz CT molecular complexity index is 455. The Morgan fingerprint density at radius 1 is 1.22 bits per heavy atom. The number of hydrogen-bond acceptors (Lipinski definition) is 3. The van der Waals surface area contributed by atoms with E-state index in [1.165, 1.54) is 0 Å². The van der Waals surface area contributed by atoms with Crippen molar-refractivity contribution < 1.29 is 9.72 Å². The molecule has 0 saturated heterocycles. The van der Waals surface area contributed by atoms with Gasteiger partial charge in [0.1, 0.15) is 0 Å². The fraction of sp³-hybridized carbons (Fsp3) is 0.462. The lowest BCUT2D eigenvalue weighted by Gasteiger charge is -2.13. The predicted molar refractivity (Wildman–Crippen MR) is 69.7 cm³/mol. The van der Waals surface area contributed by atoms with E-state index in [9.17, 15) is 14.9 Å². The van der Waals surface area contributed by atoms with Gasteiger partial charge in [0.05, 0.1) is 10.5 Å². The number of rotatable bonds is 5. The lowest BCUT2D eigenvalue weighted by molar-refractivity contribution is -0.386. The normalized spacial score (nSPS) is 10.4. The van der Waals surface area contributed by atoms with Gasteiger partial charge < -0.3 is 5.73 Å². The van der Waals surface area contributed by atoms with E-state index in [1.54, 1.807) is 13.0 Å². The summed E-state index contributed by atoms with van der Waals surface area (Å²) in [4.78, 5) is 22.3. The zero-order chi connectivity index (χ0) is 13.9. The third-order valence-electron chi connectivity index (χ3n) is 3.11. The van der Waals surface area contributed by atoms with Crippen molar-refractivity contribution in [2.24, 2.45) is 5.73 Å². The summed E-state index contributed by atoms with van der Waals surface area (Å²) in [5.41, 5.74) is 7.66. The molecule has 0 bridgehead atoms. The number of carbonyl (C=O) groups is 1. The molecule has 0 radical (unpaired) electrons. The molecule has 1 aromatic carbocycles. The van der Waals surface area contributed by atoms with Crippen molar-refractivity contribution in [3.63, 3.8) is 0 Å². The number of nitrogens with two attached hydrogens (primary N) is 1. The van der Waals surface area contributed by atoms with Gasteiger partial charge in [0.25, 0.3) is 5.69 Å². The maximum atomic E-state index is 11.5. The summed E-state index contributed by atoms with van der Waals surface area (Å²) in [6.07, 6.45) is 1.63. The SMILES string of the molecule is CCc1cc(CC)c([N+](=O)[O-])c(CC)c1C(N)=O. The maximum absolute atomic E-state index is 11.5. The summed E-state index contributed by atoms with van der Waals surface area (Å²) in [6, 6.07) is 1.73. The van der Waals surface area contributed by atoms with Gasteiger partial charge in [-0.2, -0.15) is 0 Å². The summed E-state index contributed by atoms with van der Waals surface area (Å²) >= 11 is 0. The first-order valence-corrected chi connectivity index (χ1v) is 6.09. The van der Waals surface area contributed by atoms with Crippen LogP contribution in [-0.4, -0.2) is 10.8 Å². The van der Waals surface area contributed by atoms with Crippen LogP contribution in [0.2, 0.25) is 0 Å². The van der Waals surface area contributed by atoms with E-state index in [4.69, 9.17) is 5.73 Å². The van der Waals surface area contributed by atoms with Crippen LogP contribution in [-0.2, 0) is 19.3 Å². The van der Waals surface area contributed by atoms with Crippen LogP contribution in [0.4, 0.5) is 5.69 Å². The fourth-order valence-electron chi connectivity index (χ4n) is 2.28. The highest BCUT2D eigenvalue weighted by Gasteiger charge is 2.25. The first-order chi connectivity index (χ1) is 8.47. The molecular weight excluding hydrogens is 232 g/mol. The minimum Gasteiger partial charge on any atom is -0.366 e. The number of nitrogens with zero attached hydrogens (tertiary/aromatic N) is 1. The average Bonchev–Trinajstić information content (AvgIpc) is 2.35. The molecule has 0 saturated carbocycles. The predicted octanol–water partition coefficient (Wildman–Crippen LogP) is 2.38. The average molecular weight is 250 g/mol. The van der Waals surface area contributed by atoms with Gasteiger partial charge in [-0.25, -0.2) is 0 Å². The molecule has 0 fully saturated rings. The molecule has 98 valence electrons. The third kappa shape index (κ3) is 2.34. The molecule has 5 heteroatoms. The second-order valence-corrected chi connectivity index (χ2v) is 4.08. The number of primary amides is 1. The monoisotopic (exact) mass is 250 g/mol. The minimum atomic E-state index is -0.588. The van der Waals surface area contributed by atoms with E-state index >= 15 is 0 Å². The zero-order valence-electron chi connectivity index (χ0n) is 10.9. The summed E-state index contributed by atoms with van der Waals surface area (Å²) < 4.78 is 0. The van der Waals surface area contributed by atoms with Gasteiger partial charge in [-0.15, -0.1) is 0 Å². The number of benzene rings is 1. The van der Waals surface area contributed by atoms with Crippen LogP contribution in [0, 0.1) is 10.1 Å². The van der Waals surface area contributed by atoms with E-state index in [2.05, 4.69) is 0 Å². The molecule has 0 heterocycles. The van der Waals surface area contributed by atoms with Crippen LogP contribution in [0.1, 0.15) is 47.8 Å². The van der Waals surface area contributed by atoms with Gasteiger partial charge in [-0.3, -0.25) is 14.9 Å². The van der Waals surface area contributed by atoms with Gasteiger partial charge in [-0.1, -0.05) is 20.8 Å². The van der Waals surface area contributed by atoms with Crippen LogP contribution < -0.4 is 5.73 Å². The van der Waals surface area contributed by atoms with Crippen LogP contribution in [0.5, 0.6) is 0 Å². The van der Waals surface area contributed by atoms with Crippen molar-refractivity contribution in [2.45, 2.75) is 40.0 Å². The van der Waals surface area contributed by atoms with Crippen LogP contribution in [0.25, 0.3) is 0 Å². The Morgan fingerprint density at radius 3 is 2.11 bits per heavy atom. The number of carbonyl (C=O) groups excluding carboxylic acids is 1. The Hall–Kier alpha value is -1.91. The van der Waals surface area contributed by atoms with Gasteiger partial charge >= 0.3 is 0 Å². The van der Waals surface area contributed by atoms with E-state index < -0.39 is 10.8 Å². The number of aryl methyl sites for hydroxylation is 2. The molecule has 5 nitrogen and oxygen atoms in total. The van der Waals surface area contributed by atoms with E-state index in [1.807, 2.05) is 13.8 Å². The van der Waals surface area contributed by atoms with E-state index in [0.29, 0.717) is 36.0 Å². The second-order valence-electron chi connectivity index (χ2n) is 4.08. The number of nitro benzene ring substituents is 1. The summed E-state index contributed by atoms with van der Waals surface area (Å²) in [6.45, 7) is 5.57. The molecule has 0 aliphatic carbocycles. The standard InChI is InChI=1S/C13H18N2O3/c1-4-8-7-9(5-2)12(15(17)18)10(6-3)11(8)13(14)16/h7H,4-6H2,1-3H3,(H2,14,16). The Morgan fingerprint density at radius 2 is 1.78 bits per heavy atom. The van der Waals surface area contributed by atoms with Gasteiger partial charge in [0.15, 0.2) is 0 Å². The molecule has 0 unspecified atom stereocenters. The molecule has 0 aromatic heterocycles. The van der Waals surface area contributed by atoms with Gasteiger partial charge in [0.2, 0.25) is 5.91 Å². The largest absolute Gasteiger partial charge is 0.366 e. The number of amides is 1. The number of nitro groups is 1. The minimum absolute atomic E-state index is 0.0472. The fourth-order valence-corrected chi connectivity index (χ4v) is 2.28. The Kier molecular flexibility index (Phi) is 4.42. The molecule has 1 rings (SSSR count). The molecule has 18 heavy (non-hydrogen) atoms. The van der Waals surface area contributed by atoms with Crippen molar-refractivity contribution in [2.75, 3.05) is 0 Å². The third-order valence-corrected chi connectivity index (χ3v) is 3.11. The molecule has 0 aliphatic heterocycles. The van der Waals surface area contributed by atoms with E-state index in [0.717, 1.165) is 5.56 Å². The Balaban J connectivity index is 3.75.